The van der Waals surface area contributed by atoms with E-state index in [4.69, 9.17) is 4.74 Å². The second-order valence-corrected chi connectivity index (χ2v) is 4.50. The predicted octanol–water partition coefficient (Wildman–Crippen LogP) is 3.06. The van der Waals surface area contributed by atoms with Crippen molar-refractivity contribution in [2.45, 2.75) is 6.54 Å². The Morgan fingerprint density at radius 1 is 1.05 bits per heavy atom. The van der Waals surface area contributed by atoms with Crippen molar-refractivity contribution in [3.05, 3.63) is 54.1 Å². The topological polar surface area (TPSA) is 62.4 Å². The van der Waals surface area contributed by atoms with Crippen LogP contribution in [0.4, 0.5) is 16.2 Å². The van der Waals surface area contributed by atoms with Crippen LogP contribution in [-0.4, -0.2) is 20.2 Å². The van der Waals surface area contributed by atoms with Crippen molar-refractivity contribution in [2.24, 2.45) is 0 Å². The molecule has 5 heteroatoms. The highest BCUT2D eigenvalue weighted by Gasteiger charge is 2.06. The van der Waals surface area contributed by atoms with E-state index in [9.17, 15) is 4.79 Å². The smallest absolute Gasteiger partial charge is 0.323 e. The van der Waals surface area contributed by atoms with Crippen LogP contribution >= 0.6 is 0 Å². The predicted molar refractivity (Wildman–Crippen MR) is 84.8 cm³/mol. The van der Waals surface area contributed by atoms with E-state index in [1.54, 1.807) is 31.4 Å². The number of benzene rings is 2. The number of carbonyl (C=O) groups is 1. The van der Waals surface area contributed by atoms with Crippen molar-refractivity contribution in [1.82, 2.24) is 5.32 Å². The highest BCUT2D eigenvalue weighted by molar-refractivity contribution is 6.00. The SMILES string of the molecule is CNCc1ccccc1NC(=O)Nc1ccc(OC)cc1. The Balaban J connectivity index is 2.01. The van der Waals surface area contributed by atoms with Crippen LogP contribution in [0.3, 0.4) is 0 Å². The third-order valence-corrected chi connectivity index (χ3v) is 2.98. The third kappa shape index (κ3) is 4.22. The van der Waals surface area contributed by atoms with Gasteiger partial charge in [-0.2, -0.15) is 0 Å². The number of hydrogen-bond acceptors (Lipinski definition) is 3. The Kier molecular flexibility index (Phi) is 5.17. The van der Waals surface area contributed by atoms with Crippen molar-refractivity contribution < 1.29 is 9.53 Å². The van der Waals surface area contributed by atoms with E-state index in [2.05, 4.69) is 16.0 Å². The van der Waals surface area contributed by atoms with Gasteiger partial charge in [0.25, 0.3) is 0 Å². The van der Waals surface area contributed by atoms with Gasteiger partial charge in [-0.3, -0.25) is 0 Å². The van der Waals surface area contributed by atoms with Gasteiger partial charge in [0.1, 0.15) is 5.75 Å². The standard InChI is InChI=1S/C16H19N3O2/c1-17-11-12-5-3-4-6-15(12)19-16(20)18-13-7-9-14(21-2)10-8-13/h3-10,17H,11H2,1-2H3,(H2,18,19,20). The maximum atomic E-state index is 12.0. The zero-order valence-corrected chi connectivity index (χ0v) is 12.1. The van der Waals surface area contributed by atoms with Gasteiger partial charge in [0.05, 0.1) is 7.11 Å². The summed E-state index contributed by atoms with van der Waals surface area (Å²) in [6.07, 6.45) is 0. The van der Waals surface area contributed by atoms with Gasteiger partial charge in [0.2, 0.25) is 0 Å². The van der Waals surface area contributed by atoms with E-state index in [1.165, 1.54) is 0 Å². The normalized spacial score (nSPS) is 10.0. The average Bonchev–Trinajstić information content (AvgIpc) is 2.50. The summed E-state index contributed by atoms with van der Waals surface area (Å²) < 4.78 is 5.08. The summed E-state index contributed by atoms with van der Waals surface area (Å²) in [6.45, 7) is 0.693. The Morgan fingerprint density at radius 2 is 1.76 bits per heavy atom. The molecule has 110 valence electrons. The lowest BCUT2D eigenvalue weighted by Gasteiger charge is -2.12. The lowest BCUT2D eigenvalue weighted by atomic mass is 10.2. The Hall–Kier alpha value is -2.53. The lowest BCUT2D eigenvalue weighted by molar-refractivity contribution is 0.262. The summed E-state index contributed by atoms with van der Waals surface area (Å²) in [7, 11) is 3.47. The molecule has 0 spiro atoms. The number of carbonyl (C=O) groups excluding carboxylic acids is 1. The van der Waals surface area contributed by atoms with Crippen LogP contribution < -0.4 is 20.7 Å². The van der Waals surface area contributed by atoms with Crippen LogP contribution in [0.25, 0.3) is 0 Å². The molecule has 0 aliphatic carbocycles. The molecule has 0 fully saturated rings. The number of nitrogens with one attached hydrogen (secondary N) is 3. The Bertz CT molecular complexity index is 597. The molecule has 2 aromatic carbocycles. The minimum atomic E-state index is -0.274. The molecule has 0 radical (unpaired) electrons. The molecule has 0 saturated carbocycles. The molecule has 3 N–H and O–H groups in total. The fourth-order valence-corrected chi connectivity index (χ4v) is 1.95. The first-order valence-corrected chi connectivity index (χ1v) is 6.67. The van der Waals surface area contributed by atoms with Gasteiger partial charge in [0, 0.05) is 17.9 Å². The Labute approximate surface area is 124 Å². The number of anilines is 2. The molecule has 0 aliphatic heterocycles. The maximum Gasteiger partial charge on any atom is 0.323 e. The molecule has 0 bridgehead atoms. The van der Waals surface area contributed by atoms with Gasteiger partial charge < -0.3 is 20.7 Å². The zero-order valence-electron chi connectivity index (χ0n) is 12.1. The zero-order chi connectivity index (χ0) is 15.1. The van der Waals surface area contributed by atoms with Gasteiger partial charge in [-0.05, 0) is 42.9 Å². The Morgan fingerprint density at radius 3 is 2.43 bits per heavy atom. The molecule has 21 heavy (non-hydrogen) atoms. The summed E-state index contributed by atoms with van der Waals surface area (Å²) >= 11 is 0. The molecule has 5 nitrogen and oxygen atoms in total. The van der Waals surface area contributed by atoms with E-state index in [-0.39, 0.29) is 6.03 Å². The fourth-order valence-electron chi connectivity index (χ4n) is 1.95. The number of methoxy groups -OCH3 is 1. The number of urea groups is 1. The number of ether oxygens (including phenoxy) is 1. The van der Waals surface area contributed by atoms with Gasteiger partial charge in [-0.1, -0.05) is 18.2 Å². The maximum absolute atomic E-state index is 12.0. The molecule has 2 aromatic rings. The second kappa shape index (κ2) is 7.31. The second-order valence-electron chi connectivity index (χ2n) is 4.50. The first-order valence-electron chi connectivity index (χ1n) is 6.67. The summed E-state index contributed by atoms with van der Waals surface area (Å²) in [5.41, 5.74) is 2.53. The molecule has 0 atom stereocenters. The first-order chi connectivity index (χ1) is 10.2. The monoisotopic (exact) mass is 285 g/mol. The van der Waals surface area contributed by atoms with E-state index in [1.807, 2.05) is 31.3 Å². The third-order valence-electron chi connectivity index (χ3n) is 2.98. The minimum Gasteiger partial charge on any atom is -0.497 e. The molecular weight excluding hydrogens is 266 g/mol. The van der Waals surface area contributed by atoms with Crippen molar-refractivity contribution in [3.63, 3.8) is 0 Å². The van der Waals surface area contributed by atoms with Crippen LogP contribution in [0, 0.1) is 0 Å². The first kappa shape index (κ1) is 14.9. The van der Waals surface area contributed by atoms with Gasteiger partial charge in [-0.15, -0.1) is 0 Å². The number of para-hydroxylation sites is 1. The van der Waals surface area contributed by atoms with Crippen molar-refractivity contribution in [3.8, 4) is 5.75 Å². The van der Waals surface area contributed by atoms with Gasteiger partial charge >= 0.3 is 6.03 Å². The molecule has 0 aliphatic rings. The van der Waals surface area contributed by atoms with Crippen molar-refractivity contribution in [1.29, 1.82) is 0 Å². The quantitative estimate of drug-likeness (QED) is 0.791. The minimum absolute atomic E-state index is 0.274. The largest absolute Gasteiger partial charge is 0.497 e. The highest BCUT2D eigenvalue weighted by Crippen LogP contribution is 2.17. The molecule has 0 unspecified atom stereocenters. The van der Waals surface area contributed by atoms with E-state index < -0.39 is 0 Å². The van der Waals surface area contributed by atoms with Crippen molar-refractivity contribution >= 4 is 17.4 Å². The van der Waals surface area contributed by atoms with Crippen LogP contribution in [0.1, 0.15) is 5.56 Å². The van der Waals surface area contributed by atoms with E-state index >= 15 is 0 Å². The van der Waals surface area contributed by atoms with Crippen molar-refractivity contribution in [2.75, 3.05) is 24.8 Å². The van der Waals surface area contributed by atoms with Crippen LogP contribution in [0.5, 0.6) is 5.75 Å². The average molecular weight is 285 g/mol. The molecule has 0 heterocycles. The van der Waals surface area contributed by atoms with Crippen LogP contribution in [0.15, 0.2) is 48.5 Å². The molecule has 2 amide bonds. The van der Waals surface area contributed by atoms with Crippen LogP contribution in [-0.2, 0) is 6.54 Å². The summed E-state index contributed by atoms with van der Waals surface area (Å²) in [5.74, 6) is 0.750. The van der Waals surface area contributed by atoms with Crippen LogP contribution in [0.2, 0.25) is 0 Å². The number of amides is 2. The van der Waals surface area contributed by atoms with Gasteiger partial charge in [0.15, 0.2) is 0 Å². The van der Waals surface area contributed by atoms with E-state index in [0.717, 1.165) is 17.0 Å². The summed E-state index contributed by atoms with van der Waals surface area (Å²) in [6, 6.07) is 14.6. The highest BCUT2D eigenvalue weighted by atomic mass is 16.5. The fraction of sp³-hybridized carbons (Fsp3) is 0.188. The molecule has 0 aromatic heterocycles. The summed E-state index contributed by atoms with van der Waals surface area (Å²) in [5, 5.41) is 8.71. The number of rotatable bonds is 5. The lowest BCUT2D eigenvalue weighted by Crippen LogP contribution is -2.21. The van der Waals surface area contributed by atoms with E-state index in [0.29, 0.717) is 12.2 Å². The summed E-state index contributed by atoms with van der Waals surface area (Å²) in [4.78, 5) is 12.0. The molecular formula is C16H19N3O2. The molecule has 0 saturated heterocycles. The van der Waals surface area contributed by atoms with Gasteiger partial charge in [-0.25, -0.2) is 4.79 Å². The molecule has 2 rings (SSSR count). The number of hydrogen-bond donors (Lipinski definition) is 3.